The van der Waals surface area contributed by atoms with Crippen LogP contribution in [0.5, 0.6) is 5.88 Å². The fourth-order valence-electron chi connectivity index (χ4n) is 2.62. The third-order valence-electron chi connectivity index (χ3n) is 4.11. The molecule has 0 saturated heterocycles. The Hall–Kier alpha value is -4.19. The Bertz CT molecular complexity index is 1200. The molecule has 0 unspecified atom stereocenters. The van der Waals surface area contributed by atoms with Crippen molar-refractivity contribution in [1.82, 2.24) is 25.6 Å². The number of nitrogens with one attached hydrogen (secondary N) is 5. The molecule has 1 aromatic carbocycles. The minimum absolute atomic E-state index is 0.0272. The molecule has 0 fully saturated rings. The SMILES string of the molecule is CNC(=O)Nc1cnc(NC(C)=O)nc1-c1c[nH]c(OC(=O)NCc2ccc(F)c(Cl)c2)c1. The van der Waals surface area contributed by atoms with Crippen LogP contribution in [-0.4, -0.2) is 40.0 Å². The molecule has 11 nitrogen and oxygen atoms in total. The summed E-state index contributed by atoms with van der Waals surface area (Å²) in [6.45, 7) is 1.37. The van der Waals surface area contributed by atoms with Crippen LogP contribution in [0.3, 0.4) is 0 Å². The van der Waals surface area contributed by atoms with Gasteiger partial charge in [-0.3, -0.25) is 10.1 Å². The number of hydrogen-bond donors (Lipinski definition) is 5. The summed E-state index contributed by atoms with van der Waals surface area (Å²) >= 11 is 5.72. The largest absolute Gasteiger partial charge is 0.414 e. The van der Waals surface area contributed by atoms with E-state index in [1.54, 1.807) is 0 Å². The first-order valence-electron chi connectivity index (χ1n) is 9.47. The maximum Gasteiger partial charge on any atom is 0.414 e. The zero-order valence-electron chi connectivity index (χ0n) is 17.5. The second-order valence-corrected chi connectivity index (χ2v) is 6.99. The van der Waals surface area contributed by atoms with E-state index in [1.807, 2.05) is 0 Å². The van der Waals surface area contributed by atoms with Crippen molar-refractivity contribution in [1.29, 1.82) is 0 Å². The van der Waals surface area contributed by atoms with E-state index in [9.17, 15) is 18.8 Å². The monoisotopic (exact) mass is 475 g/mol. The van der Waals surface area contributed by atoms with Gasteiger partial charge in [0.2, 0.25) is 17.7 Å². The predicted octanol–water partition coefficient (Wildman–Crippen LogP) is 3.26. The lowest BCUT2D eigenvalue weighted by Crippen LogP contribution is -2.26. The number of amides is 4. The summed E-state index contributed by atoms with van der Waals surface area (Å²) in [6, 6.07) is 5.05. The molecular weight excluding hydrogens is 457 g/mol. The highest BCUT2D eigenvalue weighted by atomic mass is 35.5. The first-order chi connectivity index (χ1) is 15.7. The number of aromatic amines is 1. The van der Waals surface area contributed by atoms with Crippen molar-refractivity contribution in [3.05, 3.63) is 53.1 Å². The number of ether oxygens (including phenoxy) is 1. The number of aromatic nitrogens is 3. The average molecular weight is 476 g/mol. The Morgan fingerprint density at radius 3 is 2.70 bits per heavy atom. The second kappa shape index (κ2) is 10.4. The smallest absolute Gasteiger partial charge is 0.393 e. The summed E-state index contributed by atoms with van der Waals surface area (Å²) in [7, 11) is 1.45. The van der Waals surface area contributed by atoms with E-state index in [1.165, 1.54) is 50.6 Å². The quantitative estimate of drug-likeness (QED) is 0.369. The number of hydrogen-bond acceptors (Lipinski definition) is 6. The summed E-state index contributed by atoms with van der Waals surface area (Å²) < 4.78 is 18.4. The zero-order valence-corrected chi connectivity index (χ0v) is 18.2. The van der Waals surface area contributed by atoms with E-state index >= 15 is 0 Å². The number of H-pyrrole nitrogens is 1. The van der Waals surface area contributed by atoms with Gasteiger partial charge in [0.1, 0.15) is 11.5 Å². The van der Waals surface area contributed by atoms with Crippen molar-refractivity contribution in [2.24, 2.45) is 0 Å². The number of carbonyl (C=O) groups excluding carboxylic acids is 3. The number of nitrogens with zero attached hydrogens (tertiary/aromatic N) is 2. The molecule has 0 saturated carbocycles. The highest BCUT2D eigenvalue weighted by Gasteiger charge is 2.16. The van der Waals surface area contributed by atoms with Crippen LogP contribution in [-0.2, 0) is 11.3 Å². The topological polar surface area (TPSA) is 150 Å². The highest BCUT2D eigenvalue weighted by molar-refractivity contribution is 6.30. The molecule has 0 aliphatic heterocycles. The number of rotatable bonds is 6. The fraction of sp³-hybridized carbons (Fsp3) is 0.150. The molecule has 0 spiro atoms. The molecule has 13 heteroatoms. The maximum atomic E-state index is 13.2. The molecule has 0 radical (unpaired) electrons. The molecule has 172 valence electrons. The van der Waals surface area contributed by atoms with Crippen LogP contribution >= 0.6 is 11.6 Å². The third-order valence-corrected chi connectivity index (χ3v) is 4.39. The molecule has 4 amide bonds. The normalized spacial score (nSPS) is 10.3. The minimum atomic E-state index is -0.769. The molecule has 5 N–H and O–H groups in total. The number of urea groups is 1. The van der Waals surface area contributed by atoms with E-state index < -0.39 is 17.9 Å². The summed E-state index contributed by atoms with van der Waals surface area (Å²) in [5.41, 5.74) is 1.56. The van der Waals surface area contributed by atoms with Crippen molar-refractivity contribution in [2.45, 2.75) is 13.5 Å². The van der Waals surface area contributed by atoms with Gasteiger partial charge in [-0.05, 0) is 17.7 Å². The standard InChI is InChI=1S/C20H19ClFN7O4/c1-10(30)27-18-25-9-15(28-19(31)23-2)17(29-18)12-6-16(24-8-12)33-20(32)26-7-11-3-4-14(22)13(21)5-11/h3-6,8-9,24H,7H2,1-2H3,(H,26,32)(H2,23,28,31)(H,25,27,29,30). The van der Waals surface area contributed by atoms with Crippen molar-refractivity contribution in [2.75, 3.05) is 17.7 Å². The first-order valence-corrected chi connectivity index (χ1v) is 9.84. The number of carbonyl (C=O) groups is 3. The third kappa shape index (κ3) is 6.40. The van der Waals surface area contributed by atoms with Gasteiger partial charge in [-0.15, -0.1) is 0 Å². The fourth-order valence-corrected chi connectivity index (χ4v) is 2.83. The molecular formula is C20H19ClFN7O4. The Kier molecular flexibility index (Phi) is 7.41. The van der Waals surface area contributed by atoms with Crippen molar-refractivity contribution >= 4 is 41.3 Å². The summed E-state index contributed by atoms with van der Waals surface area (Å²) in [4.78, 5) is 46.2. The Balaban J connectivity index is 1.73. The predicted molar refractivity (Wildman–Crippen MR) is 118 cm³/mol. The lowest BCUT2D eigenvalue weighted by atomic mass is 10.2. The van der Waals surface area contributed by atoms with Gasteiger partial charge in [-0.25, -0.2) is 23.9 Å². The maximum absolute atomic E-state index is 13.2. The average Bonchev–Trinajstić information content (AvgIpc) is 3.23. The summed E-state index contributed by atoms with van der Waals surface area (Å²) in [5.74, 6) is -0.812. The molecule has 2 aromatic heterocycles. The van der Waals surface area contributed by atoms with Crippen molar-refractivity contribution < 1.29 is 23.5 Å². The van der Waals surface area contributed by atoms with Gasteiger partial charge in [-0.1, -0.05) is 17.7 Å². The molecule has 3 rings (SSSR count). The lowest BCUT2D eigenvalue weighted by Gasteiger charge is -2.10. The number of halogens is 2. The Morgan fingerprint density at radius 1 is 1.21 bits per heavy atom. The molecule has 0 atom stereocenters. The van der Waals surface area contributed by atoms with Crippen LogP contribution in [0.4, 0.5) is 25.6 Å². The molecule has 2 heterocycles. The first kappa shape index (κ1) is 23.5. The van der Waals surface area contributed by atoms with Gasteiger partial charge in [0.15, 0.2) is 0 Å². The van der Waals surface area contributed by atoms with Gasteiger partial charge in [0.05, 0.1) is 16.9 Å². The van der Waals surface area contributed by atoms with Crippen LogP contribution in [0.1, 0.15) is 12.5 Å². The Labute approximate surface area is 192 Å². The second-order valence-electron chi connectivity index (χ2n) is 6.59. The van der Waals surface area contributed by atoms with E-state index in [2.05, 4.69) is 36.2 Å². The van der Waals surface area contributed by atoms with E-state index in [0.717, 1.165) is 0 Å². The van der Waals surface area contributed by atoms with Crippen LogP contribution in [0.2, 0.25) is 5.02 Å². The van der Waals surface area contributed by atoms with Gasteiger partial charge in [0, 0.05) is 38.3 Å². The van der Waals surface area contributed by atoms with Crippen LogP contribution < -0.4 is 26.0 Å². The zero-order chi connectivity index (χ0) is 24.0. The number of anilines is 2. The minimum Gasteiger partial charge on any atom is -0.393 e. The summed E-state index contributed by atoms with van der Waals surface area (Å²) in [6.07, 6.45) is 2.06. The molecule has 0 bridgehead atoms. The van der Waals surface area contributed by atoms with Crippen molar-refractivity contribution in [3.63, 3.8) is 0 Å². The van der Waals surface area contributed by atoms with E-state index in [0.29, 0.717) is 11.1 Å². The van der Waals surface area contributed by atoms with Gasteiger partial charge in [-0.2, -0.15) is 0 Å². The lowest BCUT2D eigenvalue weighted by molar-refractivity contribution is -0.114. The van der Waals surface area contributed by atoms with Gasteiger partial charge < -0.3 is 25.7 Å². The molecule has 0 aliphatic carbocycles. The van der Waals surface area contributed by atoms with Crippen LogP contribution in [0.25, 0.3) is 11.3 Å². The van der Waals surface area contributed by atoms with Crippen LogP contribution in [0, 0.1) is 5.82 Å². The van der Waals surface area contributed by atoms with E-state index in [-0.39, 0.29) is 40.7 Å². The Morgan fingerprint density at radius 2 is 2.00 bits per heavy atom. The molecule has 3 aromatic rings. The highest BCUT2D eigenvalue weighted by Crippen LogP contribution is 2.29. The van der Waals surface area contributed by atoms with E-state index in [4.69, 9.17) is 16.3 Å². The van der Waals surface area contributed by atoms with Crippen molar-refractivity contribution in [3.8, 4) is 17.1 Å². The van der Waals surface area contributed by atoms with Gasteiger partial charge >= 0.3 is 12.1 Å². The van der Waals surface area contributed by atoms with Crippen LogP contribution in [0.15, 0.2) is 36.7 Å². The molecule has 33 heavy (non-hydrogen) atoms. The van der Waals surface area contributed by atoms with Gasteiger partial charge in [0.25, 0.3) is 0 Å². The molecule has 0 aliphatic rings. The number of benzene rings is 1. The summed E-state index contributed by atoms with van der Waals surface area (Å²) in [5, 5.41) is 9.92.